The summed E-state index contributed by atoms with van der Waals surface area (Å²) in [6, 6.07) is 0. The first-order valence-corrected chi connectivity index (χ1v) is 6.01. The zero-order chi connectivity index (χ0) is 11.6. The molecule has 0 radical (unpaired) electrons. The average Bonchev–Trinajstić information content (AvgIpc) is 2.15. The van der Waals surface area contributed by atoms with E-state index >= 15 is 0 Å². The van der Waals surface area contributed by atoms with Crippen molar-refractivity contribution in [2.75, 3.05) is 6.61 Å². The van der Waals surface area contributed by atoms with Crippen molar-refractivity contribution in [2.45, 2.75) is 45.4 Å². The van der Waals surface area contributed by atoms with E-state index < -0.39 is 0 Å². The van der Waals surface area contributed by atoms with Crippen molar-refractivity contribution in [3.8, 4) is 5.88 Å². The van der Waals surface area contributed by atoms with Crippen molar-refractivity contribution in [1.82, 2.24) is 9.97 Å². The molecule has 1 aliphatic carbocycles. The van der Waals surface area contributed by atoms with Gasteiger partial charge < -0.3 is 4.74 Å². The van der Waals surface area contributed by atoms with Crippen LogP contribution in [0.4, 0.5) is 0 Å². The van der Waals surface area contributed by atoms with E-state index in [1.165, 1.54) is 19.3 Å². The van der Waals surface area contributed by atoms with E-state index in [4.69, 9.17) is 4.74 Å². The number of nitrogens with zero attached hydrogens (tertiary/aromatic N) is 2. The van der Waals surface area contributed by atoms with E-state index in [-0.39, 0.29) is 5.41 Å². The van der Waals surface area contributed by atoms with Gasteiger partial charge in [0.2, 0.25) is 5.88 Å². The van der Waals surface area contributed by atoms with Crippen LogP contribution >= 0.6 is 0 Å². The molecule has 0 aromatic carbocycles. The van der Waals surface area contributed by atoms with Gasteiger partial charge >= 0.3 is 0 Å². The first kappa shape index (κ1) is 11.4. The number of rotatable bonds is 3. The van der Waals surface area contributed by atoms with Crippen LogP contribution < -0.4 is 4.74 Å². The lowest BCUT2D eigenvalue weighted by molar-refractivity contribution is 0.175. The van der Waals surface area contributed by atoms with Gasteiger partial charge in [-0.3, -0.25) is 4.98 Å². The second-order valence-electron chi connectivity index (χ2n) is 5.60. The van der Waals surface area contributed by atoms with Gasteiger partial charge in [-0.05, 0) is 18.8 Å². The third kappa shape index (κ3) is 2.71. The molecule has 88 valence electrons. The molecule has 1 aromatic heterocycles. The molecule has 1 saturated carbocycles. The summed E-state index contributed by atoms with van der Waals surface area (Å²) in [5.74, 6) is 1.39. The number of aromatic nitrogens is 2. The summed E-state index contributed by atoms with van der Waals surface area (Å²) in [4.78, 5) is 8.68. The van der Waals surface area contributed by atoms with E-state index in [1.54, 1.807) is 6.20 Å². The molecule has 16 heavy (non-hydrogen) atoms. The summed E-state index contributed by atoms with van der Waals surface area (Å²) in [7, 11) is 0. The summed E-state index contributed by atoms with van der Waals surface area (Å²) in [5, 5.41) is 0. The van der Waals surface area contributed by atoms with Gasteiger partial charge in [0.15, 0.2) is 0 Å². The van der Waals surface area contributed by atoms with Gasteiger partial charge in [-0.1, -0.05) is 27.2 Å². The Hall–Kier alpha value is -1.12. The largest absolute Gasteiger partial charge is 0.476 e. The van der Waals surface area contributed by atoms with Gasteiger partial charge in [-0.25, -0.2) is 4.98 Å². The molecular formula is C13H20N2O. The minimum Gasteiger partial charge on any atom is -0.476 e. The fourth-order valence-corrected chi connectivity index (χ4v) is 1.64. The smallest absolute Gasteiger partial charge is 0.232 e. The van der Waals surface area contributed by atoms with Gasteiger partial charge in [-0.15, -0.1) is 0 Å². The fraction of sp³-hybridized carbons (Fsp3) is 0.692. The summed E-state index contributed by atoms with van der Waals surface area (Å²) >= 11 is 0. The third-order valence-electron chi connectivity index (χ3n) is 3.09. The molecule has 1 aromatic rings. The van der Waals surface area contributed by atoms with Gasteiger partial charge in [0.05, 0.1) is 24.7 Å². The highest BCUT2D eigenvalue weighted by atomic mass is 16.5. The van der Waals surface area contributed by atoms with Gasteiger partial charge in [0, 0.05) is 5.41 Å². The lowest BCUT2D eigenvalue weighted by atomic mass is 9.86. The van der Waals surface area contributed by atoms with Crippen molar-refractivity contribution in [3.05, 3.63) is 18.1 Å². The van der Waals surface area contributed by atoms with E-state index in [9.17, 15) is 0 Å². The highest BCUT2D eigenvalue weighted by Gasteiger charge is 2.19. The minimum atomic E-state index is 0.0551. The summed E-state index contributed by atoms with van der Waals surface area (Å²) in [6.45, 7) is 7.19. The number of ether oxygens (including phenoxy) is 1. The Morgan fingerprint density at radius 3 is 2.44 bits per heavy atom. The molecule has 0 unspecified atom stereocenters. The zero-order valence-corrected chi connectivity index (χ0v) is 10.4. The summed E-state index contributed by atoms with van der Waals surface area (Å²) in [5.41, 5.74) is 1.06. The predicted octanol–water partition coefficient (Wildman–Crippen LogP) is 2.95. The zero-order valence-electron chi connectivity index (χ0n) is 10.4. The van der Waals surface area contributed by atoms with Gasteiger partial charge in [0.25, 0.3) is 0 Å². The molecule has 0 spiro atoms. The maximum atomic E-state index is 5.60. The molecule has 1 heterocycles. The molecule has 0 N–H and O–H groups in total. The monoisotopic (exact) mass is 220 g/mol. The highest BCUT2D eigenvalue weighted by Crippen LogP contribution is 2.26. The number of hydrogen-bond donors (Lipinski definition) is 0. The van der Waals surface area contributed by atoms with E-state index in [1.807, 2.05) is 6.20 Å². The summed E-state index contributed by atoms with van der Waals surface area (Å²) < 4.78 is 5.60. The van der Waals surface area contributed by atoms with Crippen LogP contribution in [-0.2, 0) is 5.41 Å². The predicted molar refractivity (Wildman–Crippen MR) is 63.6 cm³/mol. The first-order valence-electron chi connectivity index (χ1n) is 6.01. The topological polar surface area (TPSA) is 35.0 Å². The molecule has 0 atom stereocenters. The Balaban J connectivity index is 1.91. The molecular weight excluding hydrogens is 200 g/mol. The van der Waals surface area contributed by atoms with Crippen molar-refractivity contribution in [3.63, 3.8) is 0 Å². The maximum absolute atomic E-state index is 5.60. The lowest BCUT2D eigenvalue weighted by Crippen LogP contribution is -2.20. The van der Waals surface area contributed by atoms with E-state index in [0.29, 0.717) is 5.88 Å². The van der Waals surface area contributed by atoms with Crippen LogP contribution in [0, 0.1) is 5.92 Å². The first-order chi connectivity index (χ1) is 7.55. The Morgan fingerprint density at radius 1 is 1.25 bits per heavy atom. The average molecular weight is 220 g/mol. The lowest BCUT2D eigenvalue weighted by Gasteiger charge is -2.24. The third-order valence-corrected chi connectivity index (χ3v) is 3.09. The minimum absolute atomic E-state index is 0.0551. The van der Waals surface area contributed by atoms with Gasteiger partial charge in [0.1, 0.15) is 0 Å². The van der Waals surface area contributed by atoms with Crippen LogP contribution in [0.1, 0.15) is 45.7 Å². The molecule has 2 rings (SSSR count). The second kappa shape index (κ2) is 4.40. The van der Waals surface area contributed by atoms with E-state index in [2.05, 4.69) is 30.7 Å². The Morgan fingerprint density at radius 2 is 2.00 bits per heavy atom. The molecule has 0 bridgehead atoms. The molecule has 3 heteroatoms. The van der Waals surface area contributed by atoms with Crippen molar-refractivity contribution < 1.29 is 4.74 Å². The SMILES string of the molecule is CC(C)(C)c1cnc(OCC2CCC2)cn1. The molecule has 1 aliphatic rings. The standard InChI is InChI=1S/C13H20N2O/c1-13(2,3)11-7-15-12(8-14-11)16-9-10-5-4-6-10/h7-8,10H,4-6,9H2,1-3H3. The maximum Gasteiger partial charge on any atom is 0.232 e. The molecule has 3 nitrogen and oxygen atoms in total. The summed E-state index contributed by atoms with van der Waals surface area (Å²) in [6.07, 6.45) is 7.50. The molecule has 0 aliphatic heterocycles. The Labute approximate surface area is 97.3 Å². The molecule has 0 saturated heterocycles. The van der Waals surface area contributed by atoms with Crippen LogP contribution in [0.15, 0.2) is 12.4 Å². The normalized spacial score (nSPS) is 16.9. The highest BCUT2D eigenvalue weighted by molar-refractivity contribution is 5.13. The van der Waals surface area contributed by atoms with Crippen LogP contribution in [0.25, 0.3) is 0 Å². The van der Waals surface area contributed by atoms with E-state index in [0.717, 1.165) is 18.2 Å². The quantitative estimate of drug-likeness (QED) is 0.785. The second-order valence-corrected chi connectivity index (χ2v) is 5.60. The Bertz CT molecular complexity index is 336. The van der Waals surface area contributed by atoms with Crippen molar-refractivity contribution in [2.24, 2.45) is 5.92 Å². The van der Waals surface area contributed by atoms with Crippen LogP contribution in [0.3, 0.4) is 0 Å². The van der Waals surface area contributed by atoms with Crippen LogP contribution in [0.2, 0.25) is 0 Å². The van der Waals surface area contributed by atoms with Crippen molar-refractivity contribution >= 4 is 0 Å². The molecule has 0 amide bonds. The van der Waals surface area contributed by atoms with Gasteiger partial charge in [-0.2, -0.15) is 0 Å². The van der Waals surface area contributed by atoms with Crippen molar-refractivity contribution in [1.29, 1.82) is 0 Å². The fourth-order valence-electron chi connectivity index (χ4n) is 1.64. The molecule has 1 fully saturated rings. The number of hydrogen-bond acceptors (Lipinski definition) is 3. The van der Waals surface area contributed by atoms with Crippen LogP contribution in [0.5, 0.6) is 5.88 Å². The Kier molecular flexibility index (Phi) is 3.13. The van der Waals surface area contributed by atoms with Crippen LogP contribution in [-0.4, -0.2) is 16.6 Å².